The van der Waals surface area contributed by atoms with Crippen LogP contribution < -0.4 is 0 Å². The molecule has 116 valence electrons. The van der Waals surface area contributed by atoms with Gasteiger partial charge in [-0.1, -0.05) is 12.1 Å². The lowest BCUT2D eigenvalue weighted by Crippen LogP contribution is -2.48. The summed E-state index contributed by atoms with van der Waals surface area (Å²) in [6.45, 7) is 5.93. The summed E-state index contributed by atoms with van der Waals surface area (Å²) in [6, 6.07) is 7.67. The van der Waals surface area contributed by atoms with Crippen molar-refractivity contribution in [2.24, 2.45) is 0 Å². The van der Waals surface area contributed by atoms with Crippen molar-refractivity contribution in [2.45, 2.75) is 32.6 Å². The van der Waals surface area contributed by atoms with E-state index in [-0.39, 0.29) is 18.1 Å². The van der Waals surface area contributed by atoms with Crippen molar-refractivity contribution in [3.63, 3.8) is 0 Å². The zero-order chi connectivity index (χ0) is 15.5. The molecule has 6 heteroatoms. The molecule has 1 aliphatic rings. The zero-order valence-corrected chi connectivity index (χ0v) is 12.8. The Morgan fingerprint density at radius 3 is 2.50 bits per heavy atom. The lowest BCUT2D eigenvalue weighted by atomic mass is 10.1. The van der Waals surface area contributed by atoms with Gasteiger partial charge in [-0.2, -0.15) is 5.10 Å². The van der Waals surface area contributed by atoms with Crippen LogP contribution in [0.25, 0.3) is 0 Å². The molecule has 2 atom stereocenters. The normalized spacial score (nSPS) is 21.8. The molecule has 6 nitrogen and oxygen atoms in total. The molecule has 0 unspecified atom stereocenters. The van der Waals surface area contributed by atoms with Gasteiger partial charge in [-0.3, -0.25) is 4.79 Å². The van der Waals surface area contributed by atoms with E-state index in [0.717, 1.165) is 5.56 Å². The molecule has 0 aliphatic carbocycles. The number of rotatable bonds is 3. The fourth-order valence-electron chi connectivity index (χ4n) is 2.78. The average Bonchev–Trinajstić information content (AvgIpc) is 2.99. The fraction of sp³-hybridized carbons (Fsp3) is 0.438. The second-order valence-corrected chi connectivity index (χ2v) is 5.76. The molecule has 0 saturated carbocycles. The summed E-state index contributed by atoms with van der Waals surface area (Å²) >= 11 is 0. The van der Waals surface area contributed by atoms with Crippen LogP contribution in [-0.2, 0) is 11.3 Å². The lowest BCUT2D eigenvalue weighted by molar-refractivity contribution is -0.0586. The van der Waals surface area contributed by atoms with Gasteiger partial charge >= 0.3 is 0 Å². The topological polar surface area (TPSA) is 60.2 Å². The van der Waals surface area contributed by atoms with Crippen LogP contribution in [0.5, 0.6) is 0 Å². The predicted octanol–water partition coefficient (Wildman–Crippen LogP) is 1.58. The van der Waals surface area contributed by atoms with Crippen LogP contribution in [0.3, 0.4) is 0 Å². The van der Waals surface area contributed by atoms with Crippen molar-refractivity contribution in [1.29, 1.82) is 0 Å². The van der Waals surface area contributed by atoms with Crippen molar-refractivity contribution < 1.29 is 9.53 Å². The van der Waals surface area contributed by atoms with Gasteiger partial charge in [0.2, 0.25) is 0 Å². The van der Waals surface area contributed by atoms with Crippen LogP contribution in [0, 0.1) is 0 Å². The van der Waals surface area contributed by atoms with Crippen molar-refractivity contribution in [1.82, 2.24) is 19.7 Å². The van der Waals surface area contributed by atoms with Crippen LogP contribution in [-0.4, -0.2) is 50.9 Å². The summed E-state index contributed by atoms with van der Waals surface area (Å²) in [7, 11) is 0. The number of hydrogen-bond donors (Lipinski definition) is 0. The summed E-state index contributed by atoms with van der Waals surface area (Å²) in [4.78, 5) is 18.3. The van der Waals surface area contributed by atoms with Crippen molar-refractivity contribution in [3.8, 4) is 0 Å². The number of hydrogen-bond acceptors (Lipinski definition) is 4. The molecule has 22 heavy (non-hydrogen) atoms. The van der Waals surface area contributed by atoms with E-state index in [1.165, 1.54) is 6.33 Å². The van der Waals surface area contributed by atoms with Crippen LogP contribution in [0.1, 0.15) is 29.8 Å². The Morgan fingerprint density at radius 2 is 1.91 bits per heavy atom. The van der Waals surface area contributed by atoms with Crippen molar-refractivity contribution in [2.75, 3.05) is 13.1 Å². The van der Waals surface area contributed by atoms with E-state index >= 15 is 0 Å². The van der Waals surface area contributed by atoms with Gasteiger partial charge in [0.15, 0.2) is 0 Å². The van der Waals surface area contributed by atoms with Crippen molar-refractivity contribution >= 4 is 5.91 Å². The van der Waals surface area contributed by atoms with Crippen LogP contribution in [0.4, 0.5) is 0 Å². The van der Waals surface area contributed by atoms with Crippen molar-refractivity contribution in [3.05, 3.63) is 48.0 Å². The third-order valence-electron chi connectivity index (χ3n) is 3.72. The van der Waals surface area contributed by atoms with Crippen LogP contribution in [0.15, 0.2) is 36.9 Å². The molecule has 1 aromatic carbocycles. The maximum atomic E-state index is 12.6. The zero-order valence-electron chi connectivity index (χ0n) is 12.8. The highest BCUT2D eigenvalue weighted by Crippen LogP contribution is 2.15. The molecule has 0 bridgehead atoms. The molecular weight excluding hydrogens is 280 g/mol. The number of benzene rings is 1. The molecule has 0 spiro atoms. The number of amides is 1. The second-order valence-electron chi connectivity index (χ2n) is 5.76. The number of ether oxygens (including phenoxy) is 1. The van der Waals surface area contributed by atoms with Gasteiger partial charge in [0, 0.05) is 18.7 Å². The van der Waals surface area contributed by atoms with Gasteiger partial charge in [0.25, 0.3) is 5.91 Å². The summed E-state index contributed by atoms with van der Waals surface area (Å²) < 4.78 is 7.42. The van der Waals surface area contributed by atoms with Gasteiger partial charge in [-0.05, 0) is 31.5 Å². The highest BCUT2D eigenvalue weighted by molar-refractivity contribution is 5.94. The first-order valence-corrected chi connectivity index (χ1v) is 7.48. The highest BCUT2D eigenvalue weighted by atomic mass is 16.5. The smallest absolute Gasteiger partial charge is 0.254 e. The summed E-state index contributed by atoms with van der Waals surface area (Å²) in [6.07, 6.45) is 3.35. The maximum absolute atomic E-state index is 12.6. The first-order valence-electron chi connectivity index (χ1n) is 7.48. The molecular formula is C16H20N4O2. The van der Waals surface area contributed by atoms with Gasteiger partial charge in [0.05, 0.1) is 18.8 Å². The SMILES string of the molecule is C[C@H]1CN(C(=O)c2ccc(Cn3cncn3)cc2)C[C@H](C)O1. The Hall–Kier alpha value is -2.21. The standard InChI is InChI=1S/C16H20N4O2/c1-12-7-19(8-13(2)22-12)16(21)15-5-3-14(4-6-15)9-20-11-17-10-18-20/h3-6,10-13H,7-9H2,1-2H3/t12-,13-/m0/s1. The van der Waals surface area contributed by atoms with E-state index < -0.39 is 0 Å². The van der Waals surface area contributed by atoms with Gasteiger partial charge in [0.1, 0.15) is 12.7 Å². The Bertz CT molecular complexity index is 614. The molecule has 1 aliphatic heterocycles. The summed E-state index contributed by atoms with van der Waals surface area (Å²) in [5.41, 5.74) is 1.80. The molecule has 1 saturated heterocycles. The van der Waals surface area contributed by atoms with E-state index in [9.17, 15) is 4.79 Å². The van der Waals surface area contributed by atoms with E-state index in [1.54, 1.807) is 11.0 Å². The predicted molar refractivity (Wildman–Crippen MR) is 81.5 cm³/mol. The summed E-state index contributed by atoms with van der Waals surface area (Å²) in [5, 5.41) is 4.08. The molecule has 3 rings (SSSR count). The third-order valence-corrected chi connectivity index (χ3v) is 3.72. The molecule has 0 N–H and O–H groups in total. The molecule has 0 radical (unpaired) electrons. The van der Waals surface area contributed by atoms with E-state index in [1.807, 2.05) is 43.0 Å². The number of carbonyl (C=O) groups excluding carboxylic acids is 1. The minimum atomic E-state index is 0.0642. The first-order chi connectivity index (χ1) is 10.6. The van der Waals surface area contributed by atoms with Gasteiger partial charge in [-0.25, -0.2) is 9.67 Å². The third kappa shape index (κ3) is 3.33. The minimum absolute atomic E-state index is 0.0642. The Balaban J connectivity index is 1.68. The lowest BCUT2D eigenvalue weighted by Gasteiger charge is -2.35. The number of nitrogens with zero attached hydrogens (tertiary/aromatic N) is 4. The van der Waals surface area contributed by atoms with Crippen LogP contribution >= 0.6 is 0 Å². The van der Waals surface area contributed by atoms with Crippen LogP contribution in [0.2, 0.25) is 0 Å². The monoisotopic (exact) mass is 300 g/mol. The number of aromatic nitrogens is 3. The van der Waals surface area contributed by atoms with E-state index in [2.05, 4.69) is 10.1 Å². The molecule has 2 aromatic rings. The maximum Gasteiger partial charge on any atom is 0.254 e. The highest BCUT2D eigenvalue weighted by Gasteiger charge is 2.26. The molecule has 1 fully saturated rings. The first kappa shape index (κ1) is 14.7. The quantitative estimate of drug-likeness (QED) is 0.863. The molecule has 1 amide bonds. The summed E-state index contributed by atoms with van der Waals surface area (Å²) in [5.74, 6) is 0.0642. The minimum Gasteiger partial charge on any atom is -0.372 e. The van der Waals surface area contributed by atoms with E-state index in [4.69, 9.17) is 4.74 Å². The molecule has 1 aromatic heterocycles. The second kappa shape index (κ2) is 6.27. The Labute approximate surface area is 129 Å². The Kier molecular flexibility index (Phi) is 4.20. The number of morpholine rings is 1. The molecule has 2 heterocycles. The average molecular weight is 300 g/mol. The van der Waals surface area contributed by atoms with E-state index in [0.29, 0.717) is 25.2 Å². The number of carbonyl (C=O) groups is 1. The van der Waals surface area contributed by atoms with Gasteiger partial charge in [-0.15, -0.1) is 0 Å². The largest absolute Gasteiger partial charge is 0.372 e. The Morgan fingerprint density at radius 1 is 1.23 bits per heavy atom. The fourth-order valence-corrected chi connectivity index (χ4v) is 2.78. The van der Waals surface area contributed by atoms with Gasteiger partial charge < -0.3 is 9.64 Å².